The third kappa shape index (κ3) is 3.49. The zero-order valence-electron chi connectivity index (χ0n) is 18.0. The number of amides is 2. The van der Waals surface area contributed by atoms with Crippen molar-refractivity contribution in [3.8, 4) is 5.75 Å². The highest BCUT2D eigenvalue weighted by Gasteiger charge is 2.39. The lowest BCUT2D eigenvalue weighted by Gasteiger charge is -2.41. The minimum Gasteiger partial charge on any atom is -0.502 e. The lowest BCUT2D eigenvalue weighted by Crippen LogP contribution is -2.57. The number of aromatic hydroxyl groups is 1. The molecule has 3 heterocycles. The first-order valence-corrected chi connectivity index (χ1v) is 10.4. The molecule has 4 rings (SSSR count). The van der Waals surface area contributed by atoms with Crippen LogP contribution in [-0.2, 0) is 6.54 Å². The largest absolute Gasteiger partial charge is 0.502 e. The molecule has 1 fully saturated rings. The van der Waals surface area contributed by atoms with Gasteiger partial charge in [0.05, 0.1) is 0 Å². The molecule has 0 unspecified atom stereocenters. The predicted molar refractivity (Wildman–Crippen MR) is 112 cm³/mol. The van der Waals surface area contributed by atoms with Gasteiger partial charge < -0.3 is 15.3 Å². The number of hydrogen-bond donors (Lipinski definition) is 2. The van der Waals surface area contributed by atoms with Crippen LogP contribution in [0.2, 0.25) is 0 Å². The van der Waals surface area contributed by atoms with E-state index < -0.39 is 46.7 Å². The number of pyridine rings is 1. The fourth-order valence-electron chi connectivity index (χ4n) is 4.22. The Balaban J connectivity index is 1.70. The molecular weight excluding hydrogens is 422 g/mol. The second-order valence-electron chi connectivity index (χ2n) is 8.43. The summed E-state index contributed by atoms with van der Waals surface area (Å²) in [7, 11) is 0. The molecular formula is C22H24F2N4O4. The fraction of sp³-hybridized carbons (Fsp3) is 0.409. The monoisotopic (exact) mass is 446 g/mol. The molecule has 0 aliphatic carbocycles. The van der Waals surface area contributed by atoms with Crippen LogP contribution in [0.5, 0.6) is 5.75 Å². The number of aryl methyl sites for hydroxylation is 1. The van der Waals surface area contributed by atoms with Crippen molar-refractivity contribution in [3.05, 3.63) is 62.6 Å². The Bertz CT molecular complexity index is 1160. The molecule has 2 bridgehead atoms. The summed E-state index contributed by atoms with van der Waals surface area (Å²) in [6.45, 7) is 5.16. The van der Waals surface area contributed by atoms with Gasteiger partial charge in [-0.2, -0.15) is 0 Å². The van der Waals surface area contributed by atoms with Crippen LogP contribution < -0.4 is 15.8 Å². The Kier molecular flexibility index (Phi) is 5.39. The summed E-state index contributed by atoms with van der Waals surface area (Å²) >= 11 is 0. The average Bonchev–Trinajstić information content (AvgIpc) is 2.85. The van der Waals surface area contributed by atoms with Gasteiger partial charge in [-0.1, -0.05) is 0 Å². The van der Waals surface area contributed by atoms with E-state index in [1.807, 2.05) is 13.8 Å². The molecule has 10 heteroatoms. The van der Waals surface area contributed by atoms with Crippen molar-refractivity contribution < 1.29 is 23.5 Å². The zero-order valence-corrected chi connectivity index (χ0v) is 18.0. The van der Waals surface area contributed by atoms with Crippen LogP contribution >= 0.6 is 0 Å². The van der Waals surface area contributed by atoms with Crippen LogP contribution in [0, 0.1) is 18.6 Å². The third-order valence-corrected chi connectivity index (χ3v) is 6.20. The molecule has 1 aromatic carbocycles. The minimum atomic E-state index is -1.02. The van der Waals surface area contributed by atoms with Crippen LogP contribution in [0.4, 0.5) is 8.78 Å². The number of aromatic nitrogens is 1. The summed E-state index contributed by atoms with van der Waals surface area (Å²) in [6, 6.07) is 2.19. The minimum absolute atomic E-state index is 0.0251. The van der Waals surface area contributed by atoms with Crippen LogP contribution in [0.25, 0.3) is 0 Å². The summed E-state index contributed by atoms with van der Waals surface area (Å²) < 4.78 is 29.5. The lowest BCUT2D eigenvalue weighted by molar-refractivity contribution is 0.0627. The first-order valence-electron chi connectivity index (χ1n) is 10.4. The zero-order chi connectivity index (χ0) is 23.3. The van der Waals surface area contributed by atoms with E-state index in [2.05, 4.69) is 5.32 Å². The molecule has 2 atom stereocenters. The van der Waals surface area contributed by atoms with Crippen molar-refractivity contribution in [1.82, 2.24) is 14.9 Å². The predicted octanol–water partition coefficient (Wildman–Crippen LogP) is 1.99. The summed E-state index contributed by atoms with van der Waals surface area (Å²) in [5.74, 6) is -3.86. The smallest absolute Gasteiger partial charge is 0.278 e. The van der Waals surface area contributed by atoms with Crippen molar-refractivity contribution in [3.63, 3.8) is 0 Å². The lowest BCUT2D eigenvalue weighted by atomic mass is 10.1. The van der Waals surface area contributed by atoms with Crippen molar-refractivity contribution in [1.29, 1.82) is 0 Å². The van der Waals surface area contributed by atoms with Crippen molar-refractivity contribution in [2.24, 2.45) is 0 Å². The van der Waals surface area contributed by atoms with Gasteiger partial charge in [0.25, 0.3) is 11.8 Å². The van der Waals surface area contributed by atoms with Gasteiger partial charge in [-0.25, -0.2) is 8.78 Å². The van der Waals surface area contributed by atoms with Crippen LogP contribution in [0.15, 0.2) is 23.1 Å². The van der Waals surface area contributed by atoms with Crippen molar-refractivity contribution >= 4 is 11.8 Å². The Morgan fingerprint density at radius 3 is 2.44 bits per heavy atom. The third-order valence-electron chi connectivity index (χ3n) is 6.20. The number of rotatable bonds is 3. The number of nitrogens with zero attached hydrogens (tertiary/aromatic N) is 3. The van der Waals surface area contributed by atoms with E-state index in [4.69, 9.17) is 0 Å². The molecule has 2 aliphatic heterocycles. The van der Waals surface area contributed by atoms with Gasteiger partial charge in [-0.15, -0.1) is 0 Å². The highest BCUT2D eigenvalue weighted by molar-refractivity contribution is 5.99. The van der Waals surface area contributed by atoms with E-state index in [0.29, 0.717) is 5.56 Å². The normalized spacial score (nSPS) is 20.1. The fourth-order valence-corrected chi connectivity index (χ4v) is 4.22. The Hall–Kier alpha value is -3.43. The van der Waals surface area contributed by atoms with Gasteiger partial charge in [-0.3, -0.25) is 24.1 Å². The second-order valence-corrected chi connectivity index (χ2v) is 8.43. The number of benzene rings is 1. The van der Waals surface area contributed by atoms with E-state index in [0.717, 1.165) is 25.0 Å². The van der Waals surface area contributed by atoms with E-state index in [-0.39, 0.29) is 30.0 Å². The molecule has 32 heavy (non-hydrogen) atoms. The number of carbonyl (C=O) groups is 2. The summed E-state index contributed by atoms with van der Waals surface area (Å²) in [5.41, 5.74) is -1.59. The molecule has 0 saturated carbocycles. The number of nitrogens with one attached hydrogen (secondary N) is 1. The molecule has 1 aromatic heterocycles. The standard InChI is InChI=1S/C22H24F2N4O4/c1-11-6-16(23)14(17(24)7-11)8-25-21(31)15-9-27-18(20(30)19(15)29)22(32)26-10-28(27)13(3)5-4-12(26)2/h6-7,9,12-13,30H,4-5,8,10H2,1-3H3,(H,25,31)/t12-,13+/m0/s1. The molecule has 2 aliphatic rings. The Morgan fingerprint density at radius 2 is 1.78 bits per heavy atom. The van der Waals surface area contributed by atoms with Gasteiger partial charge in [-0.05, 0) is 51.3 Å². The van der Waals surface area contributed by atoms with E-state index >= 15 is 0 Å². The molecule has 2 N–H and O–H groups in total. The van der Waals surface area contributed by atoms with Crippen LogP contribution in [-0.4, -0.2) is 45.2 Å². The van der Waals surface area contributed by atoms with Gasteiger partial charge in [0, 0.05) is 30.4 Å². The van der Waals surface area contributed by atoms with E-state index in [1.54, 1.807) is 16.8 Å². The molecule has 8 nitrogen and oxygen atoms in total. The average molecular weight is 446 g/mol. The number of fused-ring (bicyclic) bond motifs is 4. The SMILES string of the molecule is Cc1cc(F)c(CNC(=O)c2cn3c(c(O)c2=O)C(=O)N2CN3[C@H](C)CC[C@@H]2C)c(F)c1. The quantitative estimate of drug-likeness (QED) is 0.752. The molecule has 0 spiro atoms. The molecule has 2 amide bonds. The van der Waals surface area contributed by atoms with Crippen LogP contribution in [0.3, 0.4) is 0 Å². The number of halogens is 2. The number of hydrogen-bond acceptors (Lipinski definition) is 5. The van der Waals surface area contributed by atoms with Gasteiger partial charge >= 0.3 is 0 Å². The van der Waals surface area contributed by atoms with E-state index in [1.165, 1.54) is 10.9 Å². The number of carbonyl (C=O) groups excluding carboxylic acids is 2. The Morgan fingerprint density at radius 1 is 1.16 bits per heavy atom. The first-order chi connectivity index (χ1) is 15.1. The highest BCUT2D eigenvalue weighted by Crippen LogP contribution is 2.28. The molecule has 170 valence electrons. The summed E-state index contributed by atoms with van der Waals surface area (Å²) in [6.07, 6.45) is 2.73. The first kappa shape index (κ1) is 21.8. The maximum absolute atomic E-state index is 14.1. The van der Waals surface area contributed by atoms with Crippen LogP contribution in [0.1, 0.15) is 58.7 Å². The summed E-state index contributed by atoms with van der Waals surface area (Å²) in [5, 5.41) is 14.7. The van der Waals surface area contributed by atoms with Crippen molar-refractivity contribution in [2.45, 2.75) is 52.2 Å². The highest BCUT2D eigenvalue weighted by atomic mass is 19.1. The Labute approximate surface area is 183 Å². The van der Waals surface area contributed by atoms with Crippen molar-refractivity contribution in [2.75, 3.05) is 11.7 Å². The van der Waals surface area contributed by atoms with E-state index in [9.17, 15) is 28.3 Å². The van der Waals surface area contributed by atoms with Gasteiger partial charge in [0.1, 0.15) is 23.9 Å². The summed E-state index contributed by atoms with van der Waals surface area (Å²) in [4.78, 5) is 40.0. The van der Waals surface area contributed by atoms with Gasteiger partial charge in [0.15, 0.2) is 11.4 Å². The van der Waals surface area contributed by atoms with Gasteiger partial charge in [0.2, 0.25) is 5.43 Å². The molecule has 1 saturated heterocycles. The molecule has 2 aromatic rings. The molecule has 0 radical (unpaired) electrons. The second kappa shape index (κ2) is 7.92. The maximum atomic E-state index is 14.1. The topological polar surface area (TPSA) is 94.9 Å². The maximum Gasteiger partial charge on any atom is 0.278 e.